The van der Waals surface area contributed by atoms with E-state index in [2.05, 4.69) is 15.9 Å². The molecule has 0 radical (unpaired) electrons. The van der Waals surface area contributed by atoms with Gasteiger partial charge in [-0.2, -0.15) is 0 Å². The van der Waals surface area contributed by atoms with Crippen molar-refractivity contribution in [2.45, 2.75) is 0 Å². The number of amides is 1. The number of carbonyl (C=O) groups excluding carboxylic acids is 1. The average molecular weight is 425 g/mol. The fraction of sp³-hybridized carbons (Fsp3) is 0.235. The number of carbonyl (C=O) groups is 1. The molecule has 0 aromatic heterocycles. The normalized spacial score (nSPS) is 14.5. The Balaban J connectivity index is 1.73. The number of halogens is 2. The highest BCUT2D eigenvalue weighted by Gasteiger charge is 2.28. The van der Waals surface area contributed by atoms with Crippen molar-refractivity contribution in [3.05, 3.63) is 67.6 Å². The number of hydrogen-bond donors (Lipinski definition) is 0. The molecule has 0 saturated carbocycles. The maximum Gasteiger partial charge on any atom is 0.294 e. The monoisotopic (exact) mass is 423 g/mol. The molecule has 1 heterocycles. The van der Waals surface area contributed by atoms with Crippen LogP contribution in [0.5, 0.6) is 0 Å². The van der Waals surface area contributed by atoms with Gasteiger partial charge in [-0.25, -0.2) is 0 Å². The number of nitro benzene ring substituents is 1. The van der Waals surface area contributed by atoms with Gasteiger partial charge in [0.05, 0.1) is 9.95 Å². The Morgan fingerprint density at radius 1 is 1.08 bits per heavy atom. The van der Waals surface area contributed by atoms with E-state index in [-0.39, 0.29) is 11.6 Å². The lowest BCUT2D eigenvalue weighted by Gasteiger charge is -2.36. The minimum absolute atomic E-state index is 0.0137. The van der Waals surface area contributed by atoms with Gasteiger partial charge in [-0.15, -0.1) is 0 Å². The lowest BCUT2D eigenvalue weighted by Crippen LogP contribution is -2.49. The molecule has 0 spiro atoms. The Labute approximate surface area is 158 Å². The molecule has 1 amide bonds. The highest BCUT2D eigenvalue weighted by atomic mass is 79.9. The topological polar surface area (TPSA) is 66.7 Å². The molecule has 0 bridgehead atoms. The Morgan fingerprint density at radius 3 is 2.32 bits per heavy atom. The number of anilines is 1. The third kappa shape index (κ3) is 3.77. The summed E-state index contributed by atoms with van der Waals surface area (Å²) < 4.78 is 0.917. The van der Waals surface area contributed by atoms with E-state index >= 15 is 0 Å². The Bertz CT molecular complexity index is 805. The van der Waals surface area contributed by atoms with Crippen LogP contribution in [-0.2, 0) is 0 Å². The molecule has 1 fully saturated rings. The summed E-state index contributed by atoms with van der Waals surface area (Å²) in [6.45, 7) is 1.95. The number of para-hydroxylation sites is 1. The Hall–Kier alpha value is -2.12. The summed E-state index contributed by atoms with van der Waals surface area (Å²) in [5.74, 6) is -0.0409. The van der Waals surface area contributed by atoms with Crippen LogP contribution in [0.25, 0.3) is 0 Å². The second-order valence-electron chi connectivity index (χ2n) is 5.65. The van der Waals surface area contributed by atoms with Crippen molar-refractivity contribution in [1.82, 2.24) is 4.90 Å². The molecule has 1 saturated heterocycles. The standard InChI is InChI=1S/C17H15BrClN3O3/c18-13-6-4-12(5-7-13)17(23)21-10-8-20(9-11-21)16-14(19)2-1-3-15(16)22(24)25/h1-7H,8-11H2. The first-order chi connectivity index (χ1) is 12.0. The van der Waals surface area contributed by atoms with E-state index < -0.39 is 4.92 Å². The zero-order valence-corrected chi connectivity index (χ0v) is 15.5. The summed E-state index contributed by atoms with van der Waals surface area (Å²) in [7, 11) is 0. The summed E-state index contributed by atoms with van der Waals surface area (Å²) in [6, 6.07) is 11.9. The van der Waals surface area contributed by atoms with Crippen LogP contribution in [0.2, 0.25) is 5.02 Å². The van der Waals surface area contributed by atoms with Gasteiger partial charge in [0.2, 0.25) is 0 Å². The molecule has 25 heavy (non-hydrogen) atoms. The second-order valence-corrected chi connectivity index (χ2v) is 6.97. The number of hydrogen-bond acceptors (Lipinski definition) is 4. The highest BCUT2D eigenvalue weighted by Crippen LogP contribution is 2.35. The molecule has 1 aliphatic rings. The Morgan fingerprint density at radius 2 is 1.72 bits per heavy atom. The van der Waals surface area contributed by atoms with Crippen LogP contribution in [0, 0.1) is 10.1 Å². The van der Waals surface area contributed by atoms with Crippen molar-refractivity contribution >= 4 is 44.8 Å². The van der Waals surface area contributed by atoms with Crippen molar-refractivity contribution < 1.29 is 9.72 Å². The largest absolute Gasteiger partial charge is 0.361 e. The van der Waals surface area contributed by atoms with E-state index in [1.54, 1.807) is 29.2 Å². The molecular weight excluding hydrogens is 410 g/mol. The molecule has 0 atom stereocenters. The SMILES string of the molecule is O=C(c1ccc(Br)cc1)N1CCN(c2c(Cl)cccc2[N+](=O)[O-])CC1. The smallest absolute Gasteiger partial charge is 0.294 e. The van der Waals surface area contributed by atoms with Crippen LogP contribution in [0.15, 0.2) is 46.9 Å². The van der Waals surface area contributed by atoms with Crippen molar-refractivity contribution in [3.8, 4) is 0 Å². The third-order valence-corrected chi connectivity index (χ3v) is 4.97. The third-order valence-electron chi connectivity index (χ3n) is 4.14. The highest BCUT2D eigenvalue weighted by molar-refractivity contribution is 9.10. The molecule has 130 valence electrons. The van der Waals surface area contributed by atoms with E-state index in [9.17, 15) is 14.9 Å². The number of rotatable bonds is 3. The summed E-state index contributed by atoms with van der Waals surface area (Å²) in [5, 5.41) is 11.6. The van der Waals surface area contributed by atoms with Gasteiger partial charge in [-0.05, 0) is 30.3 Å². The predicted octanol–water partition coefficient (Wildman–Crippen LogP) is 3.97. The predicted molar refractivity (Wildman–Crippen MR) is 100 cm³/mol. The number of benzene rings is 2. The van der Waals surface area contributed by atoms with E-state index in [0.29, 0.717) is 42.5 Å². The van der Waals surface area contributed by atoms with Crippen molar-refractivity contribution in [2.75, 3.05) is 31.1 Å². The van der Waals surface area contributed by atoms with Gasteiger partial charge in [0.15, 0.2) is 0 Å². The maximum atomic E-state index is 12.6. The van der Waals surface area contributed by atoms with Crippen LogP contribution in [0.4, 0.5) is 11.4 Å². The number of piperazine rings is 1. The molecule has 3 rings (SSSR count). The maximum absolute atomic E-state index is 12.6. The van der Waals surface area contributed by atoms with Gasteiger partial charge in [-0.3, -0.25) is 14.9 Å². The fourth-order valence-electron chi connectivity index (χ4n) is 2.87. The first kappa shape index (κ1) is 17.7. The number of nitro groups is 1. The lowest BCUT2D eigenvalue weighted by atomic mass is 10.1. The molecule has 2 aromatic rings. The summed E-state index contributed by atoms with van der Waals surface area (Å²) in [4.78, 5) is 27.0. The minimum Gasteiger partial charge on any atom is -0.361 e. The molecule has 8 heteroatoms. The summed E-state index contributed by atoms with van der Waals surface area (Å²) in [6.07, 6.45) is 0. The molecule has 2 aromatic carbocycles. The van der Waals surface area contributed by atoms with E-state index in [1.165, 1.54) is 6.07 Å². The van der Waals surface area contributed by atoms with Crippen molar-refractivity contribution in [3.63, 3.8) is 0 Å². The van der Waals surface area contributed by atoms with E-state index in [0.717, 1.165) is 4.47 Å². The van der Waals surface area contributed by atoms with Crippen LogP contribution in [-0.4, -0.2) is 41.9 Å². The van der Waals surface area contributed by atoms with Gasteiger partial charge < -0.3 is 9.80 Å². The quantitative estimate of drug-likeness (QED) is 0.552. The van der Waals surface area contributed by atoms with Gasteiger partial charge >= 0.3 is 0 Å². The minimum atomic E-state index is -0.430. The Kier molecular flexibility index (Phi) is 5.24. The average Bonchev–Trinajstić information content (AvgIpc) is 2.61. The summed E-state index contributed by atoms with van der Waals surface area (Å²) >= 11 is 9.54. The molecule has 0 N–H and O–H groups in total. The van der Waals surface area contributed by atoms with E-state index in [1.807, 2.05) is 17.0 Å². The molecular formula is C17H15BrClN3O3. The van der Waals surface area contributed by atoms with Crippen molar-refractivity contribution in [2.24, 2.45) is 0 Å². The van der Waals surface area contributed by atoms with Crippen LogP contribution in [0.1, 0.15) is 10.4 Å². The zero-order valence-electron chi connectivity index (χ0n) is 13.2. The summed E-state index contributed by atoms with van der Waals surface area (Å²) in [5.41, 5.74) is 1.03. The molecule has 0 unspecified atom stereocenters. The van der Waals surface area contributed by atoms with Gasteiger partial charge in [0, 0.05) is 42.3 Å². The number of nitrogens with zero attached hydrogens (tertiary/aromatic N) is 3. The van der Waals surface area contributed by atoms with E-state index in [4.69, 9.17) is 11.6 Å². The first-order valence-corrected chi connectivity index (χ1v) is 8.87. The molecule has 1 aliphatic heterocycles. The van der Waals surface area contributed by atoms with Crippen LogP contribution >= 0.6 is 27.5 Å². The van der Waals surface area contributed by atoms with Gasteiger partial charge in [0.1, 0.15) is 5.69 Å². The van der Waals surface area contributed by atoms with Crippen molar-refractivity contribution in [1.29, 1.82) is 0 Å². The lowest BCUT2D eigenvalue weighted by molar-refractivity contribution is -0.384. The van der Waals surface area contributed by atoms with Gasteiger partial charge in [0.25, 0.3) is 11.6 Å². The molecule has 6 nitrogen and oxygen atoms in total. The fourth-order valence-corrected chi connectivity index (χ4v) is 3.43. The van der Waals surface area contributed by atoms with Crippen LogP contribution in [0.3, 0.4) is 0 Å². The second kappa shape index (κ2) is 7.41. The molecule has 0 aliphatic carbocycles. The first-order valence-electron chi connectivity index (χ1n) is 7.70. The van der Waals surface area contributed by atoms with Gasteiger partial charge in [-0.1, -0.05) is 33.6 Å². The van der Waals surface area contributed by atoms with Crippen LogP contribution < -0.4 is 4.90 Å². The zero-order chi connectivity index (χ0) is 18.0.